The predicted octanol–water partition coefficient (Wildman–Crippen LogP) is 5.51. The minimum atomic E-state index is -4.74. The molecule has 5 nitrogen and oxygen atoms in total. The lowest BCUT2D eigenvalue weighted by atomic mass is 10.1. The molecule has 2 aromatic carbocycles. The monoisotopic (exact) mass is 429 g/mol. The number of nitrogens with zero attached hydrogens (tertiary/aromatic N) is 3. The molecule has 0 spiro atoms. The fourth-order valence-electron chi connectivity index (χ4n) is 2.97. The van der Waals surface area contributed by atoms with Crippen LogP contribution >= 0.6 is 0 Å². The van der Waals surface area contributed by atoms with Crippen molar-refractivity contribution in [2.24, 2.45) is 4.99 Å². The van der Waals surface area contributed by atoms with Crippen LogP contribution in [0.25, 0.3) is 5.70 Å². The molecule has 0 aliphatic carbocycles. The number of ether oxygens (including phenoxy) is 2. The van der Waals surface area contributed by atoms with E-state index in [1.807, 2.05) is 42.8 Å². The van der Waals surface area contributed by atoms with E-state index in [4.69, 9.17) is 4.74 Å². The molecule has 3 rings (SSSR count). The van der Waals surface area contributed by atoms with Crippen molar-refractivity contribution in [1.82, 2.24) is 9.78 Å². The van der Waals surface area contributed by atoms with Gasteiger partial charge in [0.1, 0.15) is 11.4 Å². The standard InChI is InChI=1S/C23H22F3N3O2/c1-15-7-5-6-8-19(15)14-29-16(2)13-21(28-29)22(30-4)27-17(3)18-9-11-20(12-10-18)31-23(24,25)26/h5-13H,3,14H2,1-2,4H3. The molecule has 0 atom stereocenters. The van der Waals surface area contributed by atoms with Crippen LogP contribution in [0.1, 0.15) is 28.1 Å². The smallest absolute Gasteiger partial charge is 0.479 e. The summed E-state index contributed by atoms with van der Waals surface area (Å²) in [6.07, 6.45) is -4.74. The van der Waals surface area contributed by atoms with E-state index < -0.39 is 6.36 Å². The Kier molecular flexibility index (Phi) is 6.48. The summed E-state index contributed by atoms with van der Waals surface area (Å²) in [5, 5.41) is 4.59. The number of rotatable bonds is 6. The van der Waals surface area contributed by atoms with Crippen molar-refractivity contribution >= 4 is 11.6 Å². The van der Waals surface area contributed by atoms with E-state index in [1.165, 1.54) is 36.9 Å². The first-order valence-corrected chi connectivity index (χ1v) is 9.43. The van der Waals surface area contributed by atoms with Gasteiger partial charge in [-0.15, -0.1) is 13.2 Å². The van der Waals surface area contributed by atoms with Gasteiger partial charge in [0.15, 0.2) is 0 Å². The summed E-state index contributed by atoms with van der Waals surface area (Å²) in [6, 6.07) is 15.2. The number of halogens is 3. The summed E-state index contributed by atoms with van der Waals surface area (Å²) < 4.78 is 48.1. The molecule has 0 N–H and O–H groups in total. The Labute approximate surface area is 178 Å². The molecule has 8 heteroatoms. The zero-order valence-electron chi connectivity index (χ0n) is 17.4. The van der Waals surface area contributed by atoms with Crippen molar-refractivity contribution in [3.63, 3.8) is 0 Å². The maximum Gasteiger partial charge on any atom is 0.573 e. The lowest BCUT2D eigenvalue weighted by molar-refractivity contribution is -0.274. The SMILES string of the molecule is C=C(N=C(OC)c1cc(C)n(Cc2ccccc2C)n1)c1ccc(OC(F)(F)F)cc1. The number of hydrogen-bond acceptors (Lipinski definition) is 4. The van der Waals surface area contributed by atoms with Gasteiger partial charge in [0.25, 0.3) is 0 Å². The first-order chi connectivity index (χ1) is 14.7. The third-order valence-corrected chi connectivity index (χ3v) is 4.63. The summed E-state index contributed by atoms with van der Waals surface area (Å²) in [5.41, 5.74) is 4.64. The fraction of sp³-hybridized carbons (Fsp3) is 0.217. The van der Waals surface area contributed by atoms with Crippen molar-refractivity contribution in [3.8, 4) is 5.75 Å². The Balaban J connectivity index is 1.80. The van der Waals surface area contributed by atoms with Gasteiger partial charge in [0, 0.05) is 5.69 Å². The third kappa shape index (κ3) is 5.75. The lowest BCUT2D eigenvalue weighted by Crippen LogP contribution is -2.17. The summed E-state index contributed by atoms with van der Waals surface area (Å²) in [7, 11) is 1.47. The van der Waals surface area contributed by atoms with E-state index >= 15 is 0 Å². The van der Waals surface area contributed by atoms with Gasteiger partial charge >= 0.3 is 6.36 Å². The number of aryl methyl sites for hydroxylation is 2. The van der Waals surface area contributed by atoms with E-state index in [0.29, 0.717) is 23.5 Å². The molecule has 0 aliphatic heterocycles. The van der Waals surface area contributed by atoms with Crippen molar-refractivity contribution in [1.29, 1.82) is 0 Å². The first kappa shape index (κ1) is 22.1. The predicted molar refractivity (Wildman–Crippen MR) is 113 cm³/mol. The van der Waals surface area contributed by atoms with E-state index in [-0.39, 0.29) is 11.6 Å². The number of alkyl halides is 3. The molecule has 0 unspecified atom stereocenters. The molecule has 0 radical (unpaired) electrons. The summed E-state index contributed by atoms with van der Waals surface area (Å²) in [4.78, 5) is 4.38. The molecule has 31 heavy (non-hydrogen) atoms. The fourth-order valence-corrected chi connectivity index (χ4v) is 2.97. The second-order valence-corrected chi connectivity index (χ2v) is 6.90. The van der Waals surface area contributed by atoms with Gasteiger partial charge in [-0.25, -0.2) is 4.99 Å². The Morgan fingerprint density at radius 2 is 1.77 bits per heavy atom. The molecule has 3 aromatic rings. The van der Waals surface area contributed by atoms with Gasteiger partial charge in [-0.2, -0.15) is 5.10 Å². The van der Waals surface area contributed by atoms with Gasteiger partial charge in [0.05, 0.1) is 19.4 Å². The number of aliphatic imine (C=N–C) groups is 1. The van der Waals surface area contributed by atoms with E-state index in [1.54, 1.807) is 0 Å². The molecule has 1 heterocycles. The van der Waals surface area contributed by atoms with Crippen LogP contribution in [0.5, 0.6) is 5.75 Å². The maximum atomic E-state index is 12.3. The Hall–Kier alpha value is -3.55. The Morgan fingerprint density at radius 1 is 1.10 bits per heavy atom. The lowest BCUT2D eigenvalue weighted by Gasteiger charge is -2.09. The average molecular weight is 429 g/mol. The quantitative estimate of drug-likeness (QED) is 0.383. The second-order valence-electron chi connectivity index (χ2n) is 6.90. The van der Waals surface area contributed by atoms with E-state index in [0.717, 1.165) is 11.3 Å². The zero-order valence-corrected chi connectivity index (χ0v) is 17.4. The molecule has 0 fully saturated rings. The highest BCUT2D eigenvalue weighted by Gasteiger charge is 2.31. The number of aromatic nitrogens is 2. The van der Waals surface area contributed by atoms with E-state index in [2.05, 4.69) is 27.5 Å². The van der Waals surface area contributed by atoms with Crippen LogP contribution in [0.15, 0.2) is 66.2 Å². The number of methoxy groups -OCH3 is 1. The average Bonchev–Trinajstić information content (AvgIpc) is 3.07. The summed E-state index contributed by atoms with van der Waals surface area (Å²) in [5.74, 6) is -0.0576. The normalized spacial score (nSPS) is 12.0. The van der Waals surface area contributed by atoms with Crippen molar-refractivity contribution in [2.45, 2.75) is 26.8 Å². The molecule has 0 saturated carbocycles. The Bertz CT molecular complexity index is 1100. The first-order valence-electron chi connectivity index (χ1n) is 9.43. The van der Waals surface area contributed by atoms with Gasteiger partial charge < -0.3 is 9.47 Å². The molecule has 1 aromatic heterocycles. The highest BCUT2D eigenvalue weighted by atomic mass is 19.4. The summed E-state index contributed by atoms with van der Waals surface area (Å²) >= 11 is 0. The van der Waals surface area contributed by atoms with Crippen LogP contribution in [-0.2, 0) is 11.3 Å². The van der Waals surface area contributed by atoms with Crippen LogP contribution < -0.4 is 4.74 Å². The number of hydrogen-bond donors (Lipinski definition) is 0. The Morgan fingerprint density at radius 3 is 2.39 bits per heavy atom. The van der Waals surface area contributed by atoms with Crippen molar-refractivity contribution in [3.05, 3.63) is 89.3 Å². The second kappa shape index (κ2) is 9.07. The van der Waals surface area contributed by atoms with E-state index in [9.17, 15) is 13.2 Å². The third-order valence-electron chi connectivity index (χ3n) is 4.63. The molecule has 0 amide bonds. The maximum absolute atomic E-state index is 12.3. The molecule has 0 saturated heterocycles. The van der Waals surface area contributed by atoms with Crippen LogP contribution in [-0.4, -0.2) is 29.2 Å². The van der Waals surface area contributed by atoms with Gasteiger partial charge in [-0.1, -0.05) is 30.8 Å². The topological polar surface area (TPSA) is 48.6 Å². The minimum absolute atomic E-state index is 0.257. The molecule has 0 bridgehead atoms. The van der Waals surface area contributed by atoms with Crippen LogP contribution in [0.3, 0.4) is 0 Å². The highest BCUT2D eigenvalue weighted by Crippen LogP contribution is 2.25. The largest absolute Gasteiger partial charge is 0.573 e. The molecule has 162 valence electrons. The van der Waals surface area contributed by atoms with Gasteiger partial charge in [0.2, 0.25) is 5.90 Å². The molecule has 0 aliphatic rings. The number of benzene rings is 2. The highest BCUT2D eigenvalue weighted by molar-refractivity contribution is 5.95. The molecular formula is C23H22F3N3O2. The van der Waals surface area contributed by atoms with Crippen LogP contribution in [0.2, 0.25) is 0 Å². The van der Waals surface area contributed by atoms with Crippen LogP contribution in [0.4, 0.5) is 13.2 Å². The van der Waals surface area contributed by atoms with Crippen molar-refractivity contribution < 1.29 is 22.6 Å². The van der Waals surface area contributed by atoms with Gasteiger partial charge in [-0.3, -0.25) is 4.68 Å². The molecular weight excluding hydrogens is 407 g/mol. The van der Waals surface area contributed by atoms with Crippen LogP contribution in [0, 0.1) is 13.8 Å². The van der Waals surface area contributed by atoms with Crippen molar-refractivity contribution in [2.75, 3.05) is 7.11 Å². The summed E-state index contributed by atoms with van der Waals surface area (Å²) in [6.45, 7) is 8.48. The zero-order chi connectivity index (χ0) is 22.6. The minimum Gasteiger partial charge on any atom is -0.479 e. The van der Waals surface area contributed by atoms with Gasteiger partial charge in [-0.05, 0) is 60.9 Å².